The molecule has 9 nitrogen and oxygen atoms in total. The van der Waals surface area contributed by atoms with Crippen molar-refractivity contribution in [3.63, 3.8) is 0 Å². The molecular weight excluding hydrogens is 677 g/mol. The van der Waals surface area contributed by atoms with Crippen molar-refractivity contribution in [1.29, 1.82) is 5.41 Å². The molecule has 292 valence electrons. The van der Waals surface area contributed by atoms with Gasteiger partial charge in [-0.25, -0.2) is 0 Å². The van der Waals surface area contributed by atoms with Crippen molar-refractivity contribution in [2.75, 3.05) is 0 Å². The number of ether oxygens (including phenoxy) is 2. The number of allylic oxidation sites excluding steroid dienone is 4. The molecule has 0 aromatic rings. The van der Waals surface area contributed by atoms with Crippen LogP contribution in [0.4, 0.5) is 0 Å². The third kappa shape index (κ3) is 35.5. The van der Waals surface area contributed by atoms with E-state index in [1.807, 2.05) is 0 Å². The van der Waals surface area contributed by atoms with Gasteiger partial charge in [-0.15, -0.1) is 0 Å². The number of carbonyl (C=O) groups is 3. The summed E-state index contributed by atoms with van der Waals surface area (Å²) in [6, 6.07) is 0. The van der Waals surface area contributed by atoms with Crippen molar-refractivity contribution < 1.29 is 36.8 Å². The van der Waals surface area contributed by atoms with Gasteiger partial charge in [0, 0.05) is 12.8 Å². The van der Waals surface area contributed by atoms with Crippen molar-refractivity contribution in [1.82, 2.24) is 0 Å². The predicted molar refractivity (Wildman–Crippen MR) is 211 cm³/mol. The Morgan fingerprint density at radius 1 is 0.549 bits per heavy atom. The Bertz CT molecular complexity index is 1060. The van der Waals surface area contributed by atoms with Gasteiger partial charge in [-0.05, 0) is 64.2 Å². The fourth-order valence-electron chi connectivity index (χ4n) is 5.62. The molecule has 11 heteroatoms. The molecule has 51 heavy (non-hydrogen) atoms. The minimum absolute atomic E-state index is 0. The van der Waals surface area contributed by atoms with Crippen LogP contribution in [-0.2, 0) is 34.0 Å². The Labute approximate surface area is 333 Å². The average Bonchev–Trinajstić information content (AvgIpc) is 3.06. The van der Waals surface area contributed by atoms with Crippen molar-refractivity contribution in [2.45, 2.75) is 205 Å². The summed E-state index contributed by atoms with van der Waals surface area (Å²) in [5.74, 6) is -3.88. The second-order valence-electron chi connectivity index (χ2n) is 13.6. The van der Waals surface area contributed by atoms with E-state index in [2.05, 4.69) is 42.9 Å². The van der Waals surface area contributed by atoms with Gasteiger partial charge in [0.15, 0.2) is 11.1 Å². The van der Waals surface area contributed by atoms with Crippen LogP contribution in [0, 0.1) is 5.41 Å². The molecule has 0 heterocycles. The molecule has 0 saturated carbocycles. The first-order valence-electron chi connectivity index (χ1n) is 19.9. The van der Waals surface area contributed by atoms with Crippen LogP contribution in [0.1, 0.15) is 200 Å². The normalized spacial score (nSPS) is 12.2. The number of hydrogen-bond donors (Lipinski definition) is 2. The van der Waals surface area contributed by atoms with Crippen LogP contribution >= 0.6 is 0 Å². The van der Waals surface area contributed by atoms with E-state index < -0.39 is 45.6 Å². The van der Waals surface area contributed by atoms with Gasteiger partial charge < -0.3 is 9.47 Å². The SMILES string of the molecule is CCCCCCCC/C=C\CCCCCCCC(=O)OC(=N)CC(C(=O)OC(=O)CCCCCCC/C=C\CCCCCCCC)S(=O)(=O)O.[NaH]. The molecule has 0 bridgehead atoms. The van der Waals surface area contributed by atoms with E-state index in [9.17, 15) is 27.4 Å². The van der Waals surface area contributed by atoms with E-state index in [-0.39, 0.29) is 42.4 Å². The third-order valence-electron chi connectivity index (χ3n) is 8.73. The van der Waals surface area contributed by atoms with Crippen molar-refractivity contribution in [3.05, 3.63) is 24.3 Å². The molecule has 0 aromatic heterocycles. The predicted octanol–water partition coefficient (Wildman–Crippen LogP) is 10.6. The van der Waals surface area contributed by atoms with E-state index in [4.69, 9.17) is 10.1 Å². The van der Waals surface area contributed by atoms with Crippen molar-refractivity contribution in [2.24, 2.45) is 0 Å². The van der Waals surface area contributed by atoms with Crippen LogP contribution in [0.25, 0.3) is 0 Å². The summed E-state index contributed by atoms with van der Waals surface area (Å²) in [5.41, 5.74) is 0. The standard InChI is InChI=1S/C40H71NO8S.Na.H/c1-3-5-7-9-11-13-15-17-19-21-23-25-27-29-31-33-38(42)48-37(41)35-36(50(45,46)47)40(44)49-39(43)34-32-30-28-26-24-22-20-18-16-14-12-10-8-6-4-2;;/h17-20,36,41H,3-16,21-35H2,1-2H3,(H,45,46,47);;/b19-17-,20-18-,41-37?;;. The Morgan fingerprint density at radius 2 is 0.863 bits per heavy atom. The van der Waals surface area contributed by atoms with E-state index in [0.717, 1.165) is 77.0 Å². The van der Waals surface area contributed by atoms with Gasteiger partial charge in [0.1, 0.15) is 0 Å². The first-order valence-corrected chi connectivity index (χ1v) is 21.4. The monoisotopic (exact) mass is 749 g/mol. The molecule has 2 N–H and O–H groups in total. The number of rotatable bonds is 34. The summed E-state index contributed by atoms with van der Waals surface area (Å²) in [7, 11) is -5.00. The van der Waals surface area contributed by atoms with Crippen LogP contribution in [0.5, 0.6) is 0 Å². The topological polar surface area (TPSA) is 148 Å². The molecule has 0 spiro atoms. The number of carbonyl (C=O) groups excluding carboxylic acids is 3. The zero-order valence-corrected chi connectivity index (χ0v) is 32.4. The van der Waals surface area contributed by atoms with Crippen molar-refractivity contribution in [3.8, 4) is 0 Å². The van der Waals surface area contributed by atoms with Gasteiger partial charge in [0.05, 0.1) is 6.42 Å². The summed E-state index contributed by atoms with van der Waals surface area (Å²) in [6.45, 7) is 4.46. The molecule has 1 unspecified atom stereocenters. The van der Waals surface area contributed by atoms with Gasteiger partial charge in [0.25, 0.3) is 10.1 Å². The van der Waals surface area contributed by atoms with E-state index >= 15 is 0 Å². The summed E-state index contributed by atoms with van der Waals surface area (Å²) >= 11 is 0. The molecule has 0 rings (SSSR count). The zero-order valence-electron chi connectivity index (χ0n) is 31.6. The second kappa shape index (κ2) is 37.0. The average molecular weight is 750 g/mol. The fourth-order valence-corrected chi connectivity index (χ4v) is 6.27. The number of esters is 3. The van der Waals surface area contributed by atoms with E-state index in [0.29, 0.717) is 12.8 Å². The molecule has 0 aliphatic rings. The van der Waals surface area contributed by atoms with Crippen LogP contribution in [-0.4, -0.2) is 71.6 Å². The van der Waals surface area contributed by atoms with E-state index in [1.54, 1.807) is 0 Å². The Balaban J connectivity index is 0. The first-order chi connectivity index (χ1) is 24.1. The Kier molecular flexibility index (Phi) is 37.6. The Hall–Kier alpha value is -1.33. The maximum absolute atomic E-state index is 12.4. The van der Waals surface area contributed by atoms with Gasteiger partial charge in [-0.3, -0.25) is 24.3 Å². The van der Waals surface area contributed by atoms with Gasteiger partial charge >= 0.3 is 47.5 Å². The summed E-state index contributed by atoms with van der Waals surface area (Å²) in [5, 5.41) is 5.63. The molecule has 0 aliphatic heterocycles. The van der Waals surface area contributed by atoms with Gasteiger partial charge in [-0.2, -0.15) is 8.42 Å². The first kappa shape index (κ1) is 51.8. The van der Waals surface area contributed by atoms with Crippen LogP contribution in [0.2, 0.25) is 0 Å². The summed E-state index contributed by atoms with van der Waals surface area (Å²) in [6.07, 6.45) is 36.9. The zero-order chi connectivity index (χ0) is 37.1. The number of nitrogens with one attached hydrogen (secondary N) is 1. The van der Waals surface area contributed by atoms with Crippen LogP contribution in [0.3, 0.4) is 0 Å². The molecule has 0 radical (unpaired) electrons. The third-order valence-corrected chi connectivity index (χ3v) is 9.81. The Morgan fingerprint density at radius 3 is 1.22 bits per heavy atom. The van der Waals surface area contributed by atoms with Gasteiger partial charge in [-0.1, -0.05) is 141 Å². The summed E-state index contributed by atoms with van der Waals surface area (Å²) in [4.78, 5) is 36.6. The maximum atomic E-state index is 12.4. The number of hydrogen-bond acceptors (Lipinski definition) is 8. The summed E-state index contributed by atoms with van der Waals surface area (Å²) < 4.78 is 42.7. The molecule has 0 aromatic carbocycles. The molecular formula is C40H72NNaO8S. The molecule has 0 aliphatic carbocycles. The molecule has 0 fully saturated rings. The molecule has 0 saturated heterocycles. The van der Waals surface area contributed by atoms with Crippen LogP contribution < -0.4 is 0 Å². The fraction of sp³-hybridized carbons (Fsp3) is 0.800. The minimum atomic E-state index is -5.00. The quantitative estimate of drug-likeness (QED) is 0.00965. The molecule has 0 amide bonds. The van der Waals surface area contributed by atoms with E-state index in [1.165, 1.54) is 77.0 Å². The second-order valence-corrected chi connectivity index (χ2v) is 15.2. The number of unbranched alkanes of at least 4 members (excludes halogenated alkanes) is 22. The molecule has 1 atom stereocenters. The van der Waals surface area contributed by atoms with Crippen LogP contribution in [0.15, 0.2) is 24.3 Å². The van der Waals surface area contributed by atoms with Crippen molar-refractivity contribution >= 4 is 63.5 Å². The van der Waals surface area contributed by atoms with Gasteiger partial charge in [0.2, 0.25) is 0 Å².